The number of hydrogen-bond acceptors (Lipinski definition) is 6. The summed E-state index contributed by atoms with van der Waals surface area (Å²) in [5, 5.41) is 0.529. The molecule has 246 valence electrons. The predicted octanol–water partition coefficient (Wildman–Crippen LogP) is 9.58. The van der Waals surface area contributed by atoms with Crippen LogP contribution in [0.4, 0.5) is 0 Å². The van der Waals surface area contributed by atoms with Crippen molar-refractivity contribution in [1.29, 1.82) is 0 Å². The number of aromatic nitrogens is 2. The Balaban J connectivity index is 0.000000143. The van der Waals surface area contributed by atoms with Crippen LogP contribution in [0, 0.1) is 0 Å². The summed E-state index contributed by atoms with van der Waals surface area (Å²) in [6.45, 7) is 8.10. The highest BCUT2D eigenvalue weighted by molar-refractivity contribution is 6.55. The zero-order chi connectivity index (χ0) is 34.1. The summed E-state index contributed by atoms with van der Waals surface area (Å²) in [6.07, 6.45) is 12.0. The quantitative estimate of drug-likeness (QED) is 0.160. The smallest absolute Gasteiger partial charge is 0.400 e. The molecule has 2 aromatic carbocycles. The Morgan fingerprint density at radius 2 is 1.15 bits per heavy atom. The molecule has 0 saturated carbocycles. The summed E-state index contributed by atoms with van der Waals surface area (Å²) < 4.78 is 11.8. The van der Waals surface area contributed by atoms with E-state index in [2.05, 4.69) is 28.2 Å². The van der Waals surface area contributed by atoms with E-state index >= 15 is 0 Å². The van der Waals surface area contributed by atoms with Crippen molar-refractivity contribution in [2.75, 3.05) is 0 Å². The number of allylic oxidation sites excluding steroid dienone is 4. The number of nitrogens with zero attached hydrogens (tertiary/aromatic N) is 2. The van der Waals surface area contributed by atoms with E-state index in [1.54, 1.807) is 18.3 Å². The molecule has 0 N–H and O–H groups in total. The largest absolute Gasteiger partial charge is 0.490 e. The highest BCUT2D eigenvalue weighted by Crippen LogP contribution is 2.40. The van der Waals surface area contributed by atoms with E-state index in [0.29, 0.717) is 18.0 Å². The molecule has 2 aliphatic carbocycles. The highest BCUT2D eigenvalue weighted by Gasteiger charge is 2.52. The Hall–Kier alpha value is -4.17. The molecule has 1 fully saturated rings. The van der Waals surface area contributed by atoms with Gasteiger partial charge >= 0.3 is 7.12 Å². The predicted molar refractivity (Wildman–Crippen MR) is 194 cm³/mol. The summed E-state index contributed by atoms with van der Waals surface area (Å²) in [7, 11) is -0.339. The number of benzene rings is 2. The number of carbonyl (C=O) groups is 2. The van der Waals surface area contributed by atoms with Crippen LogP contribution in [0.15, 0.2) is 115 Å². The van der Waals surface area contributed by atoms with Gasteiger partial charge in [0.1, 0.15) is 5.15 Å². The van der Waals surface area contributed by atoms with Gasteiger partial charge < -0.3 is 9.31 Å². The second-order valence-corrected chi connectivity index (χ2v) is 13.5. The fourth-order valence-corrected chi connectivity index (χ4v) is 5.79. The van der Waals surface area contributed by atoms with Gasteiger partial charge in [0.25, 0.3) is 0 Å². The lowest BCUT2D eigenvalue weighted by atomic mass is 9.72. The topological polar surface area (TPSA) is 78.4 Å². The number of ketones is 2. The first-order valence-electron chi connectivity index (χ1n) is 16.5. The van der Waals surface area contributed by atoms with Gasteiger partial charge in [0.05, 0.1) is 16.9 Å². The first-order chi connectivity index (χ1) is 23.0. The van der Waals surface area contributed by atoms with E-state index in [1.165, 1.54) is 5.56 Å². The van der Waals surface area contributed by atoms with Crippen LogP contribution in [0.1, 0.15) is 71.9 Å². The lowest BCUT2D eigenvalue weighted by Gasteiger charge is -2.32. The Labute approximate surface area is 289 Å². The van der Waals surface area contributed by atoms with Crippen LogP contribution in [0.2, 0.25) is 5.15 Å². The van der Waals surface area contributed by atoms with E-state index in [1.807, 2.05) is 101 Å². The zero-order valence-corrected chi connectivity index (χ0v) is 28.9. The van der Waals surface area contributed by atoms with Gasteiger partial charge in [-0.3, -0.25) is 14.6 Å². The standard InChI is InChI=1S/C17H15NO.C12H19BO3.C11H8ClN/c19-16-8-4-7-15(11-16)17-12-14(9-10-18-17)13-5-2-1-3-6-13;1-11(2)12(3,4)16-13(15-11)9-6-5-7-10(14)8-9;12-11-8-10(6-7-13-11)9-4-2-1-3-5-9/h1-3,5-6,9-12H,4,7-8H2;8H,5-7H2,1-4H3;1-8H. The van der Waals surface area contributed by atoms with Crippen molar-refractivity contribution in [2.45, 2.75) is 77.4 Å². The lowest BCUT2D eigenvalue weighted by Crippen LogP contribution is -2.41. The molecule has 1 saturated heterocycles. The van der Waals surface area contributed by atoms with E-state index in [4.69, 9.17) is 20.9 Å². The molecule has 3 aliphatic rings. The molecule has 0 radical (unpaired) electrons. The van der Waals surface area contributed by atoms with Crippen LogP contribution < -0.4 is 0 Å². The number of rotatable bonds is 4. The molecule has 0 atom stereocenters. The van der Waals surface area contributed by atoms with Crippen molar-refractivity contribution < 1.29 is 18.9 Å². The second-order valence-electron chi connectivity index (χ2n) is 13.1. The summed E-state index contributed by atoms with van der Waals surface area (Å²) >= 11 is 5.78. The van der Waals surface area contributed by atoms with Gasteiger partial charge in [-0.05, 0) is 123 Å². The third-order valence-corrected chi connectivity index (χ3v) is 9.23. The summed E-state index contributed by atoms with van der Waals surface area (Å²) in [6, 6.07) is 28.2. The highest BCUT2D eigenvalue weighted by atomic mass is 35.5. The fourth-order valence-electron chi connectivity index (χ4n) is 5.62. The van der Waals surface area contributed by atoms with Gasteiger partial charge in [-0.25, -0.2) is 4.98 Å². The molecule has 0 amide bonds. The van der Waals surface area contributed by atoms with Crippen molar-refractivity contribution in [3.8, 4) is 22.3 Å². The molecule has 1 aliphatic heterocycles. The maximum absolute atomic E-state index is 11.5. The Kier molecular flexibility index (Phi) is 11.6. The number of hydrogen-bond donors (Lipinski definition) is 0. The zero-order valence-electron chi connectivity index (χ0n) is 28.1. The molecular weight excluding hydrogens is 619 g/mol. The minimum Gasteiger partial charge on any atom is -0.400 e. The third kappa shape index (κ3) is 9.25. The lowest BCUT2D eigenvalue weighted by molar-refractivity contribution is -0.115. The van der Waals surface area contributed by atoms with Gasteiger partial charge in [-0.1, -0.05) is 72.3 Å². The summed E-state index contributed by atoms with van der Waals surface area (Å²) in [4.78, 5) is 31.2. The summed E-state index contributed by atoms with van der Waals surface area (Å²) in [5.41, 5.74) is 6.92. The molecule has 0 bridgehead atoms. The number of carbonyl (C=O) groups excluding carboxylic acids is 2. The van der Waals surface area contributed by atoms with Gasteiger partial charge in [0, 0.05) is 25.2 Å². The molecule has 8 heteroatoms. The molecule has 7 rings (SSSR count). The number of halogens is 1. The van der Waals surface area contributed by atoms with Gasteiger partial charge in [0.15, 0.2) is 11.6 Å². The molecule has 48 heavy (non-hydrogen) atoms. The van der Waals surface area contributed by atoms with E-state index in [0.717, 1.165) is 59.1 Å². The van der Waals surface area contributed by atoms with E-state index < -0.39 is 0 Å². The van der Waals surface area contributed by atoms with Crippen molar-refractivity contribution >= 4 is 35.9 Å². The van der Waals surface area contributed by atoms with E-state index in [9.17, 15) is 9.59 Å². The van der Waals surface area contributed by atoms with Crippen LogP contribution in [0.5, 0.6) is 0 Å². The van der Waals surface area contributed by atoms with Gasteiger partial charge in [-0.15, -0.1) is 0 Å². The minimum atomic E-state index is -0.339. The Morgan fingerprint density at radius 3 is 1.69 bits per heavy atom. The molecular formula is C40H42BClN2O4. The van der Waals surface area contributed by atoms with Crippen molar-refractivity contribution in [1.82, 2.24) is 9.97 Å². The first-order valence-corrected chi connectivity index (χ1v) is 16.9. The minimum absolute atomic E-state index is 0.191. The maximum Gasteiger partial charge on any atom is 0.490 e. The molecule has 3 heterocycles. The Bertz CT molecular complexity index is 1770. The first kappa shape index (κ1) is 35.2. The average Bonchev–Trinajstić information content (AvgIpc) is 3.32. The molecule has 0 unspecified atom stereocenters. The fraction of sp³-hybridized carbons (Fsp3) is 0.300. The van der Waals surface area contributed by atoms with Gasteiger partial charge in [0.2, 0.25) is 0 Å². The summed E-state index contributed by atoms with van der Waals surface area (Å²) in [5.74, 6) is 0.407. The molecule has 6 nitrogen and oxygen atoms in total. The normalized spacial score (nSPS) is 18.1. The van der Waals surface area contributed by atoms with Crippen LogP contribution in [0.25, 0.3) is 27.8 Å². The van der Waals surface area contributed by atoms with Crippen molar-refractivity contribution in [3.63, 3.8) is 0 Å². The third-order valence-electron chi connectivity index (χ3n) is 9.03. The van der Waals surface area contributed by atoms with Crippen molar-refractivity contribution in [3.05, 3.63) is 126 Å². The van der Waals surface area contributed by atoms with Crippen LogP contribution in [-0.2, 0) is 18.9 Å². The maximum atomic E-state index is 11.5. The molecule has 0 spiro atoms. The second kappa shape index (κ2) is 15.8. The molecule has 2 aromatic heterocycles. The Morgan fingerprint density at radius 1 is 0.625 bits per heavy atom. The molecule has 4 aromatic rings. The van der Waals surface area contributed by atoms with Crippen LogP contribution >= 0.6 is 11.6 Å². The van der Waals surface area contributed by atoms with Crippen LogP contribution in [0.3, 0.4) is 0 Å². The number of pyridine rings is 2. The van der Waals surface area contributed by atoms with Gasteiger partial charge in [-0.2, -0.15) is 0 Å². The van der Waals surface area contributed by atoms with Crippen molar-refractivity contribution in [2.24, 2.45) is 0 Å². The van der Waals surface area contributed by atoms with E-state index in [-0.39, 0.29) is 29.9 Å². The average molecular weight is 661 g/mol. The monoisotopic (exact) mass is 660 g/mol. The van der Waals surface area contributed by atoms with Crippen LogP contribution in [-0.4, -0.2) is 39.9 Å². The SMILES string of the molecule is CC1(C)OB(C2=CC(=O)CCC2)OC1(C)C.Clc1cc(-c2ccccc2)ccn1.O=C1C=C(c2cc(-c3ccccc3)ccn2)CCC1.